The van der Waals surface area contributed by atoms with Crippen molar-refractivity contribution in [2.45, 2.75) is 0 Å². The largest absolute Gasteiger partial charge is 0.489 e. The molecule has 84 valence electrons. The maximum atomic E-state index is 6.00. The Bertz CT molecular complexity index is 321. The standard InChI is InChI=1S/C10H12BrCl2NO/c1-14(2)3-4-15-10-8(12)5-7(11)6-9(10)13/h5-6H,3-4H2,1-2H3. The second-order valence-electron chi connectivity index (χ2n) is 3.35. The fraction of sp³-hybridized carbons (Fsp3) is 0.400. The summed E-state index contributed by atoms with van der Waals surface area (Å²) >= 11 is 15.3. The van der Waals surface area contributed by atoms with Gasteiger partial charge in [-0.25, -0.2) is 0 Å². The highest BCUT2D eigenvalue weighted by molar-refractivity contribution is 9.10. The summed E-state index contributed by atoms with van der Waals surface area (Å²) in [5.74, 6) is 0.545. The van der Waals surface area contributed by atoms with E-state index in [0.717, 1.165) is 11.0 Å². The monoisotopic (exact) mass is 311 g/mol. The van der Waals surface area contributed by atoms with Crippen LogP contribution >= 0.6 is 39.1 Å². The predicted molar refractivity (Wildman–Crippen MR) is 68.2 cm³/mol. The number of halogens is 3. The molecule has 0 aliphatic rings. The molecule has 0 radical (unpaired) electrons. The third-order valence-corrected chi connectivity index (χ3v) is 2.77. The van der Waals surface area contributed by atoms with Crippen molar-refractivity contribution in [2.24, 2.45) is 0 Å². The lowest BCUT2D eigenvalue weighted by Gasteiger charge is -2.13. The molecule has 2 nitrogen and oxygen atoms in total. The van der Waals surface area contributed by atoms with Crippen molar-refractivity contribution in [3.05, 3.63) is 26.7 Å². The summed E-state index contributed by atoms with van der Waals surface area (Å²) < 4.78 is 6.35. The number of benzene rings is 1. The third-order valence-electron chi connectivity index (χ3n) is 1.75. The summed E-state index contributed by atoms with van der Waals surface area (Å²) in [6, 6.07) is 3.52. The average molecular weight is 313 g/mol. The first-order chi connectivity index (χ1) is 7.00. The van der Waals surface area contributed by atoms with Gasteiger partial charge in [-0.2, -0.15) is 0 Å². The Hall–Kier alpha value is 0.0400. The molecule has 1 aromatic carbocycles. The molecule has 5 heteroatoms. The molecule has 0 aliphatic carbocycles. The van der Waals surface area contributed by atoms with Crippen molar-refractivity contribution in [3.8, 4) is 5.75 Å². The second-order valence-corrected chi connectivity index (χ2v) is 5.08. The van der Waals surface area contributed by atoms with Gasteiger partial charge in [0.2, 0.25) is 0 Å². The van der Waals surface area contributed by atoms with Crippen molar-refractivity contribution in [1.29, 1.82) is 0 Å². The van der Waals surface area contributed by atoms with E-state index in [1.165, 1.54) is 0 Å². The van der Waals surface area contributed by atoms with E-state index >= 15 is 0 Å². The zero-order valence-electron chi connectivity index (χ0n) is 8.56. The van der Waals surface area contributed by atoms with Gasteiger partial charge in [-0.15, -0.1) is 0 Å². The molecule has 0 aliphatic heterocycles. The number of hydrogen-bond donors (Lipinski definition) is 0. The van der Waals surface area contributed by atoms with E-state index in [9.17, 15) is 0 Å². The quantitative estimate of drug-likeness (QED) is 0.840. The number of likely N-dealkylation sites (N-methyl/N-ethyl adjacent to an activating group) is 1. The first-order valence-electron chi connectivity index (χ1n) is 4.43. The molecule has 0 atom stereocenters. The first-order valence-corrected chi connectivity index (χ1v) is 5.97. The van der Waals surface area contributed by atoms with E-state index in [0.29, 0.717) is 22.4 Å². The van der Waals surface area contributed by atoms with Crippen LogP contribution in [0.2, 0.25) is 10.0 Å². The summed E-state index contributed by atoms with van der Waals surface area (Å²) in [4.78, 5) is 2.03. The lowest BCUT2D eigenvalue weighted by molar-refractivity contribution is 0.261. The van der Waals surface area contributed by atoms with Gasteiger partial charge in [0.15, 0.2) is 5.75 Å². The Kier molecular flexibility index (Phi) is 5.19. The van der Waals surface area contributed by atoms with E-state index in [-0.39, 0.29) is 0 Å². The summed E-state index contributed by atoms with van der Waals surface area (Å²) in [7, 11) is 3.96. The van der Waals surface area contributed by atoms with Crippen molar-refractivity contribution >= 4 is 39.1 Å². The van der Waals surface area contributed by atoms with E-state index in [2.05, 4.69) is 15.9 Å². The van der Waals surface area contributed by atoms with E-state index in [4.69, 9.17) is 27.9 Å². The summed E-state index contributed by atoms with van der Waals surface area (Å²) in [6.07, 6.45) is 0. The number of nitrogens with zero attached hydrogens (tertiary/aromatic N) is 1. The average Bonchev–Trinajstić information content (AvgIpc) is 2.08. The predicted octanol–water partition coefficient (Wildman–Crippen LogP) is 3.70. The van der Waals surface area contributed by atoms with Crippen molar-refractivity contribution < 1.29 is 4.74 Å². The Morgan fingerprint density at radius 1 is 1.27 bits per heavy atom. The van der Waals surface area contributed by atoms with E-state index < -0.39 is 0 Å². The smallest absolute Gasteiger partial charge is 0.156 e. The van der Waals surface area contributed by atoms with Gasteiger partial charge >= 0.3 is 0 Å². The minimum atomic E-state index is 0.521. The minimum Gasteiger partial charge on any atom is -0.489 e. The molecule has 0 fully saturated rings. The second kappa shape index (κ2) is 5.94. The molecular formula is C10H12BrCl2NO. The Labute approximate surface area is 108 Å². The van der Waals surface area contributed by atoms with Crippen molar-refractivity contribution in [3.63, 3.8) is 0 Å². The lowest BCUT2D eigenvalue weighted by atomic mass is 10.3. The number of ether oxygens (including phenoxy) is 1. The van der Waals surface area contributed by atoms with E-state index in [1.54, 1.807) is 12.1 Å². The van der Waals surface area contributed by atoms with Gasteiger partial charge < -0.3 is 9.64 Å². The molecule has 0 aromatic heterocycles. The molecule has 0 spiro atoms. The zero-order valence-corrected chi connectivity index (χ0v) is 11.7. The first kappa shape index (κ1) is 13.1. The van der Waals surface area contributed by atoms with Gasteiger partial charge in [-0.05, 0) is 26.2 Å². The van der Waals surface area contributed by atoms with Crippen LogP contribution < -0.4 is 4.74 Å². The van der Waals surface area contributed by atoms with Crippen LogP contribution in [0.15, 0.2) is 16.6 Å². The van der Waals surface area contributed by atoms with Crippen LogP contribution in [0.1, 0.15) is 0 Å². The van der Waals surface area contributed by atoms with Crippen molar-refractivity contribution in [2.75, 3.05) is 27.2 Å². The normalized spacial score (nSPS) is 10.8. The summed E-state index contributed by atoms with van der Waals surface area (Å²) in [5.41, 5.74) is 0. The molecule has 0 heterocycles. The lowest BCUT2D eigenvalue weighted by Crippen LogP contribution is -2.19. The van der Waals surface area contributed by atoms with Crippen molar-refractivity contribution in [1.82, 2.24) is 4.90 Å². The zero-order chi connectivity index (χ0) is 11.4. The SMILES string of the molecule is CN(C)CCOc1c(Cl)cc(Br)cc1Cl. The molecule has 0 saturated heterocycles. The highest BCUT2D eigenvalue weighted by Crippen LogP contribution is 2.35. The van der Waals surface area contributed by atoms with Crippen LogP contribution in [0.25, 0.3) is 0 Å². The van der Waals surface area contributed by atoms with Gasteiger partial charge in [0.25, 0.3) is 0 Å². The minimum absolute atomic E-state index is 0.521. The molecule has 15 heavy (non-hydrogen) atoms. The molecule has 0 saturated carbocycles. The van der Waals surface area contributed by atoms with Gasteiger partial charge in [0.1, 0.15) is 6.61 Å². The van der Waals surface area contributed by atoms with Crippen LogP contribution in [0.5, 0.6) is 5.75 Å². The molecule has 0 bridgehead atoms. The number of rotatable bonds is 4. The maximum Gasteiger partial charge on any atom is 0.156 e. The maximum absolute atomic E-state index is 6.00. The van der Waals surface area contributed by atoms with Crippen LogP contribution in [0, 0.1) is 0 Å². The molecule has 0 amide bonds. The van der Waals surface area contributed by atoms with Gasteiger partial charge in [0.05, 0.1) is 10.0 Å². The Balaban J connectivity index is 2.68. The highest BCUT2D eigenvalue weighted by Gasteiger charge is 2.08. The molecule has 1 rings (SSSR count). The van der Waals surface area contributed by atoms with E-state index in [1.807, 2.05) is 19.0 Å². The molecule has 0 N–H and O–H groups in total. The molecular weight excluding hydrogens is 301 g/mol. The summed E-state index contributed by atoms with van der Waals surface area (Å²) in [6.45, 7) is 1.39. The van der Waals surface area contributed by atoms with Gasteiger partial charge in [0, 0.05) is 11.0 Å². The van der Waals surface area contributed by atoms with Crippen LogP contribution in [-0.4, -0.2) is 32.1 Å². The number of hydrogen-bond acceptors (Lipinski definition) is 2. The topological polar surface area (TPSA) is 12.5 Å². The highest BCUT2D eigenvalue weighted by atomic mass is 79.9. The van der Waals surface area contributed by atoms with Crippen LogP contribution in [0.4, 0.5) is 0 Å². The fourth-order valence-electron chi connectivity index (χ4n) is 0.997. The Morgan fingerprint density at radius 2 is 1.80 bits per heavy atom. The molecule has 1 aromatic rings. The van der Waals surface area contributed by atoms with Gasteiger partial charge in [-0.3, -0.25) is 0 Å². The molecule has 0 unspecified atom stereocenters. The summed E-state index contributed by atoms with van der Waals surface area (Å²) in [5, 5.41) is 1.04. The van der Waals surface area contributed by atoms with Crippen LogP contribution in [-0.2, 0) is 0 Å². The van der Waals surface area contributed by atoms with Gasteiger partial charge in [-0.1, -0.05) is 39.1 Å². The third kappa shape index (κ3) is 4.19. The van der Waals surface area contributed by atoms with Crippen LogP contribution in [0.3, 0.4) is 0 Å². The Morgan fingerprint density at radius 3 is 2.27 bits per heavy atom. The fourth-order valence-corrected chi connectivity index (χ4v) is 2.31.